The van der Waals surface area contributed by atoms with E-state index in [1.54, 1.807) is 14.1 Å². The second-order valence-corrected chi connectivity index (χ2v) is 4.85. The van der Waals surface area contributed by atoms with Gasteiger partial charge >= 0.3 is 6.09 Å². The van der Waals surface area contributed by atoms with Crippen molar-refractivity contribution in [3.05, 3.63) is 24.3 Å². The van der Waals surface area contributed by atoms with Crippen LogP contribution in [0.2, 0.25) is 0 Å². The Morgan fingerprint density at radius 2 is 1.50 bits per heavy atom. The molecule has 1 rings (SSSR count). The zero-order valence-corrected chi connectivity index (χ0v) is 15.2. The van der Waals surface area contributed by atoms with Crippen molar-refractivity contribution < 1.29 is 33.5 Å². The van der Waals surface area contributed by atoms with Crippen LogP contribution in [0.25, 0.3) is 0 Å². The fourth-order valence-corrected chi connectivity index (χ4v) is 2.24. The number of hydrogen-bond acceptors (Lipinski definition) is 2. The molecule has 1 aromatic rings. The largest absolute Gasteiger partial charge is 1.00 e. The fraction of sp³-hybridized carbons (Fsp3) is 0.533. The minimum absolute atomic E-state index is 0. The predicted molar refractivity (Wildman–Crippen MR) is 79.6 cm³/mol. The van der Waals surface area contributed by atoms with Crippen LogP contribution in [0, 0.1) is 0 Å². The Morgan fingerprint density at radius 1 is 1.05 bits per heavy atom. The summed E-state index contributed by atoms with van der Waals surface area (Å²) in [4.78, 5) is 12.9. The average Bonchev–Trinajstić information content (AvgIpc) is 2.43. The van der Waals surface area contributed by atoms with Gasteiger partial charge in [-0.05, 0) is 32.9 Å². The van der Waals surface area contributed by atoms with Crippen molar-refractivity contribution in [2.45, 2.75) is 20.8 Å². The minimum atomic E-state index is -0.352. The van der Waals surface area contributed by atoms with E-state index in [1.807, 2.05) is 12.1 Å². The predicted octanol–water partition coefficient (Wildman–Crippen LogP) is 0.118. The summed E-state index contributed by atoms with van der Waals surface area (Å²) in [5, 5.41) is 0. The first-order valence-corrected chi connectivity index (χ1v) is 6.85. The van der Waals surface area contributed by atoms with Crippen LogP contribution in [0.3, 0.4) is 0 Å². The van der Waals surface area contributed by atoms with Gasteiger partial charge in [-0.3, -0.25) is 4.48 Å². The number of carbonyl (C=O) groups is 1. The highest BCUT2D eigenvalue weighted by molar-refractivity contribution is 5.70. The molecule has 0 saturated carbocycles. The Hall–Kier alpha value is -0.820. The number of halogens is 1. The maximum Gasteiger partial charge on any atom is 0.414 e. The van der Waals surface area contributed by atoms with Crippen molar-refractivity contribution in [3.8, 4) is 5.75 Å². The Labute approximate surface area is 139 Å². The van der Waals surface area contributed by atoms with Gasteiger partial charge in [0.15, 0.2) is 0 Å². The van der Waals surface area contributed by atoms with Crippen molar-refractivity contribution in [1.29, 1.82) is 0 Å². The maximum absolute atomic E-state index is 11.5. The maximum atomic E-state index is 11.5. The van der Waals surface area contributed by atoms with Crippen LogP contribution >= 0.6 is 0 Å². The Kier molecular flexibility index (Phi) is 8.12. The van der Waals surface area contributed by atoms with E-state index in [0.29, 0.717) is 5.75 Å². The molecular formula is C15H25IN2O2. The van der Waals surface area contributed by atoms with Crippen LogP contribution in [0.15, 0.2) is 24.3 Å². The Morgan fingerprint density at radius 3 is 1.85 bits per heavy atom. The van der Waals surface area contributed by atoms with Gasteiger partial charge in [-0.15, -0.1) is 0 Å². The third-order valence-electron chi connectivity index (χ3n) is 3.77. The minimum Gasteiger partial charge on any atom is -1.00 e. The van der Waals surface area contributed by atoms with Crippen molar-refractivity contribution in [3.63, 3.8) is 0 Å². The number of hydrogen-bond donors (Lipinski definition) is 0. The average molecular weight is 392 g/mol. The first kappa shape index (κ1) is 19.2. The molecule has 0 spiro atoms. The second-order valence-electron chi connectivity index (χ2n) is 4.85. The molecule has 20 heavy (non-hydrogen) atoms. The number of ether oxygens (including phenoxy) is 1. The topological polar surface area (TPSA) is 29.5 Å². The molecule has 0 aliphatic heterocycles. The number of amides is 1. The standard InChI is InChI=1S/C15H25N2O2.HI/c1-6-17(7-2,8-3)13-9-11-14(12-10-13)19-15(18)16(4)5;/h9-12H,6-8H2,1-5H3;1H/q+1;/p-1. The van der Waals surface area contributed by atoms with E-state index in [1.165, 1.54) is 10.6 Å². The highest BCUT2D eigenvalue weighted by atomic mass is 127. The number of benzene rings is 1. The molecule has 0 fully saturated rings. The molecule has 114 valence electrons. The third kappa shape index (κ3) is 4.34. The van der Waals surface area contributed by atoms with Crippen LogP contribution < -0.4 is 33.2 Å². The molecule has 0 radical (unpaired) electrons. The van der Waals surface area contributed by atoms with Crippen molar-refractivity contribution in [1.82, 2.24) is 9.38 Å². The first-order chi connectivity index (χ1) is 8.99. The van der Waals surface area contributed by atoms with Crippen LogP contribution in [0.1, 0.15) is 20.8 Å². The summed E-state index contributed by atoms with van der Waals surface area (Å²) in [6.45, 7) is 9.78. The summed E-state index contributed by atoms with van der Waals surface area (Å²) >= 11 is 0. The fourth-order valence-electron chi connectivity index (χ4n) is 2.24. The van der Waals surface area contributed by atoms with E-state index in [9.17, 15) is 4.79 Å². The highest BCUT2D eigenvalue weighted by Gasteiger charge is 2.24. The zero-order valence-electron chi connectivity index (χ0n) is 13.0. The Bertz CT molecular complexity index is 406. The van der Waals surface area contributed by atoms with E-state index in [-0.39, 0.29) is 30.1 Å². The van der Waals surface area contributed by atoms with E-state index < -0.39 is 0 Å². The third-order valence-corrected chi connectivity index (χ3v) is 3.77. The molecule has 0 aromatic heterocycles. The Balaban J connectivity index is 0.00000361. The molecular weight excluding hydrogens is 367 g/mol. The zero-order chi connectivity index (χ0) is 14.5. The quantitative estimate of drug-likeness (QED) is 0.526. The number of nitrogens with zero attached hydrogens (tertiary/aromatic N) is 2. The molecule has 0 aliphatic rings. The molecule has 0 atom stereocenters. The first-order valence-electron chi connectivity index (χ1n) is 6.85. The molecule has 0 bridgehead atoms. The lowest BCUT2D eigenvalue weighted by Crippen LogP contribution is -3.00. The summed E-state index contributed by atoms with van der Waals surface area (Å²) in [6, 6.07) is 7.83. The molecule has 0 aliphatic carbocycles. The SMILES string of the molecule is CC[N+](CC)(CC)c1ccc(OC(=O)N(C)C)cc1.[I-]. The highest BCUT2D eigenvalue weighted by Crippen LogP contribution is 2.25. The van der Waals surface area contributed by atoms with E-state index in [0.717, 1.165) is 24.1 Å². The van der Waals surface area contributed by atoms with E-state index in [4.69, 9.17) is 4.74 Å². The normalized spacial score (nSPS) is 10.7. The summed E-state index contributed by atoms with van der Waals surface area (Å²) in [5.41, 5.74) is 1.26. The van der Waals surface area contributed by atoms with Crippen LogP contribution in [0.5, 0.6) is 5.75 Å². The summed E-state index contributed by atoms with van der Waals surface area (Å²) in [7, 11) is 3.34. The lowest BCUT2D eigenvalue weighted by Gasteiger charge is -2.35. The molecule has 1 aromatic carbocycles. The van der Waals surface area contributed by atoms with Gasteiger partial charge in [0.2, 0.25) is 0 Å². The molecule has 5 heteroatoms. The van der Waals surface area contributed by atoms with Gasteiger partial charge in [0.25, 0.3) is 0 Å². The van der Waals surface area contributed by atoms with Crippen molar-refractivity contribution >= 4 is 11.8 Å². The lowest BCUT2D eigenvalue weighted by molar-refractivity contribution is -0.00000922. The van der Waals surface area contributed by atoms with Crippen molar-refractivity contribution in [2.24, 2.45) is 0 Å². The van der Waals surface area contributed by atoms with Gasteiger partial charge in [0.05, 0.1) is 19.6 Å². The van der Waals surface area contributed by atoms with Gasteiger partial charge in [-0.2, -0.15) is 0 Å². The summed E-state index contributed by atoms with van der Waals surface area (Å²) in [5.74, 6) is 0.587. The number of rotatable bonds is 5. The lowest BCUT2D eigenvalue weighted by atomic mass is 10.2. The van der Waals surface area contributed by atoms with E-state index >= 15 is 0 Å². The number of carbonyl (C=O) groups excluding carboxylic acids is 1. The van der Waals surface area contributed by atoms with Gasteiger partial charge in [-0.25, -0.2) is 4.79 Å². The van der Waals surface area contributed by atoms with Crippen molar-refractivity contribution in [2.75, 3.05) is 33.7 Å². The molecule has 0 saturated heterocycles. The molecule has 0 N–H and O–H groups in total. The van der Waals surface area contributed by atoms with Gasteiger partial charge in [0, 0.05) is 26.2 Å². The van der Waals surface area contributed by atoms with Gasteiger partial charge < -0.3 is 33.6 Å². The van der Waals surface area contributed by atoms with Crippen LogP contribution in [-0.2, 0) is 0 Å². The molecule has 0 heterocycles. The summed E-state index contributed by atoms with van der Waals surface area (Å²) < 4.78 is 6.17. The van der Waals surface area contributed by atoms with E-state index in [2.05, 4.69) is 32.9 Å². The molecule has 4 nitrogen and oxygen atoms in total. The van der Waals surface area contributed by atoms with Gasteiger partial charge in [-0.1, -0.05) is 0 Å². The molecule has 0 unspecified atom stereocenters. The smallest absolute Gasteiger partial charge is 0.414 e. The monoisotopic (exact) mass is 392 g/mol. The van der Waals surface area contributed by atoms with Crippen LogP contribution in [-0.4, -0.2) is 44.7 Å². The van der Waals surface area contributed by atoms with Gasteiger partial charge in [0.1, 0.15) is 11.4 Å². The number of quaternary nitrogens is 1. The van der Waals surface area contributed by atoms with Crippen LogP contribution in [0.4, 0.5) is 10.5 Å². The molecule has 1 amide bonds. The second kappa shape index (κ2) is 8.46. The summed E-state index contributed by atoms with van der Waals surface area (Å²) in [6.07, 6.45) is -0.352.